The molecule has 0 unspecified atom stereocenters. The zero-order valence-corrected chi connectivity index (χ0v) is 13.6. The molecular formula is C18H19N3OS. The van der Waals surface area contributed by atoms with Gasteiger partial charge in [-0.05, 0) is 60.2 Å². The van der Waals surface area contributed by atoms with Gasteiger partial charge in [-0.1, -0.05) is 12.1 Å². The van der Waals surface area contributed by atoms with E-state index in [1.807, 2.05) is 30.3 Å². The second-order valence-electron chi connectivity index (χ2n) is 5.83. The number of fused-ring (bicyclic) bond motifs is 1. The summed E-state index contributed by atoms with van der Waals surface area (Å²) in [5.74, 6) is 0. The van der Waals surface area contributed by atoms with Gasteiger partial charge in [-0.25, -0.2) is 9.29 Å². The molecule has 2 N–H and O–H groups in total. The lowest BCUT2D eigenvalue weighted by Crippen LogP contribution is -2.08. The van der Waals surface area contributed by atoms with Crippen molar-refractivity contribution in [3.8, 4) is 11.1 Å². The first-order valence-corrected chi connectivity index (χ1v) is 8.71. The van der Waals surface area contributed by atoms with E-state index in [0.29, 0.717) is 0 Å². The standard InChI is InChI=1S/C18H19N3OS/c22-12-14-11-17-16(7-8-19-18(17)20-14)13-3-5-15(6-4-13)23-21-9-1-2-10-21/h3-8,11,22H,1-2,9-10,12H2,(H,19,20). The van der Waals surface area contributed by atoms with Gasteiger partial charge in [0.15, 0.2) is 0 Å². The monoisotopic (exact) mass is 325 g/mol. The van der Waals surface area contributed by atoms with E-state index in [2.05, 4.69) is 38.5 Å². The summed E-state index contributed by atoms with van der Waals surface area (Å²) in [5.41, 5.74) is 3.93. The molecule has 3 heterocycles. The third-order valence-corrected chi connectivity index (χ3v) is 5.33. The van der Waals surface area contributed by atoms with Crippen LogP contribution in [0.1, 0.15) is 18.5 Å². The Balaban J connectivity index is 1.63. The summed E-state index contributed by atoms with van der Waals surface area (Å²) < 4.78 is 2.43. The molecule has 0 bridgehead atoms. The van der Waals surface area contributed by atoms with Crippen LogP contribution in [0.5, 0.6) is 0 Å². The molecule has 118 valence electrons. The SMILES string of the molecule is OCc1cc2c(-c3ccc(SN4CCCC4)cc3)ccnc2[nH]1. The summed E-state index contributed by atoms with van der Waals surface area (Å²) in [6.45, 7) is 2.37. The molecule has 1 aliphatic rings. The molecule has 5 heteroatoms. The number of aromatic nitrogens is 2. The average Bonchev–Trinajstić information content (AvgIpc) is 3.24. The number of aromatic amines is 1. The fraction of sp³-hybridized carbons (Fsp3) is 0.278. The summed E-state index contributed by atoms with van der Waals surface area (Å²) >= 11 is 1.85. The summed E-state index contributed by atoms with van der Waals surface area (Å²) in [6.07, 6.45) is 4.42. The maximum atomic E-state index is 9.31. The lowest BCUT2D eigenvalue weighted by atomic mass is 10.0. The van der Waals surface area contributed by atoms with Crippen LogP contribution in [-0.4, -0.2) is 32.5 Å². The van der Waals surface area contributed by atoms with Crippen molar-refractivity contribution >= 4 is 23.0 Å². The molecule has 3 aromatic rings. The fourth-order valence-electron chi connectivity index (χ4n) is 3.04. The second kappa shape index (κ2) is 6.35. The third kappa shape index (κ3) is 3.00. The van der Waals surface area contributed by atoms with Crippen LogP contribution in [0.4, 0.5) is 0 Å². The van der Waals surface area contributed by atoms with Crippen LogP contribution in [0.3, 0.4) is 0 Å². The number of hydrogen-bond acceptors (Lipinski definition) is 4. The van der Waals surface area contributed by atoms with Crippen molar-refractivity contribution in [1.29, 1.82) is 0 Å². The van der Waals surface area contributed by atoms with Crippen LogP contribution in [0.2, 0.25) is 0 Å². The molecule has 0 aliphatic carbocycles. The lowest BCUT2D eigenvalue weighted by molar-refractivity contribution is 0.278. The van der Waals surface area contributed by atoms with Crippen LogP contribution < -0.4 is 0 Å². The molecule has 0 spiro atoms. The highest BCUT2D eigenvalue weighted by molar-refractivity contribution is 7.97. The van der Waals surface area contributed by atoms with E-state index < -0.39 is 0 Å². The number of aliphatic hydroxyl groups excluding tert-OH is 1. The highest BCUT2D eigenvalue weighted by Crippen LogP contribution is 2.31. The first-order valence-electron chi connectivity index (χ1n) is 7.94. The van der Waals surface area contributed by atoms with E-state index in [0.717, 1.165) is 22.3 Å². The highest BCUT2D eigenvalue weighted by Gasteiger charge is 2.13. The van der Waals surface area contributed by atoms with Crippen LogP contribution in [0, 0.1) is 0 Å². The van der Waals surface area contributed by atoms with Crippen molar-refractivity contribution in [1.82, 2.24) is 14.3 Å². The Morgan fingerprint density at radius 3 is 2.65 bits per heavy atom. The molecule has 0 radical (unpaired) electrons. The molecule has 4 rings (SSSR count). The number of pyridine rings is 1. The van der Waals surface area contributed by atoms with E-state index in [1.54, 1.807) is 0 Å². The van der Waals surface area contributed by atoms with Crippen LogP contribution in [0.15, 0.2) is 47.5 Å². The van der Waals surface area contributed by atoms with Gasteiger partial charge in [0.1, 0.15) is 5.65 Å². The molecule has 23 heavy (non-hydrogen) atoms. The minimum atomic E-state index is 0.00120. The normalized spacial score (nSPS) is 15.5. The van der Waals surface area contributed by atoms with Gasteiger partial charge in [0, 0.05) is 35.3 Å². The predicted octanol–water partition coefficient (Wildman–Crippen LogP) is 3.83. The smallest absolute Gasteiger partial charge is 0.138 e. The topological polar surface area (TPSA) is 52.1 Å². The van der Waals surface area contributed by atoms with Crippen molar-refractivity contribution < 1.29 is 5.11 Å². The Kier molecular flexibility index (Phi) is 4.08. The van der Waals surface area contributed by atoms with Crippen LogP contribution >= 0.6 is 11.9 Å². The van der Waals surface area contributed by atoms with E-state index >= 15 is 0 Å². The minimum absolute atomic E-state index is 0.00120. The molecular weight excluding hydrogens is 306 g/mol. The number of rotatable bonds is 4. The van der Waals surface area contributed by atoms with Crippen molar-refractivity contribution in [2.24, 2.45) is 0 Å². The van der Waals surface area contributed by atoms with Crippen molar-refractivity contribution in [3.63, 3.8) is 0 Å². The molecule has 0 amide bonds. The second-order valence-corrected chi connectivity index (χ2v) is 7.00. The van der Waals surface area contributed by atoms with Gasteiger partial charge in [-0.3, -0.25) is 0 Å². The van der Waals surface area contributed by atoms with E-state index in [4.69, 9.17) is 0 Å². The third-order valence-electron chi connectivity index (χ3n) is 4.22. The van der Waals surface area contributed by atoms with E-state index in [1.165, 1.54) is 36.4 Å². The lowest BCUT2D eigenvalue weighted by Gasteiger charge is -2.13. The van der Waals surface area contributed by atoms with Gasteiger partial charge in [0.25, 0.3) is 0 Å². The van der Waals surface area contributed by atoms with Crippen molar-refractivity contribution in [2.45, 2.75) is 24.3 Å². The summed E-state index contributed by atoms with van der Waals surface area (Å²) in [4.78, 5) is 8.77. The summed E-state index contributed by atoms with van der Waals surface area (Å²) in [5, 5.41) is 10.4. The Morgan fingerprint density at radius 1 is 1.13 bits per heavy atom. The minimum Gasteiger partial charge on any atom is -0.390 e. The molecule has 1 aromatic carbocycles. The number of nitrogens with one attached hydrogen (secondary N) is 1. The van der Waals surface area contributed by atoms with Crippen LogP contribution in [0.25, 0.3) is 22.2 Å². The molecule has 1 aliphatic heterocycles. The first kappa shape index (κ1) is 14.8. The largest absolute Gasteiger partial charge is 0.390 e. The summed E-state index contributed by atoms with van der Waals surface area (Å²) in [6, 6.07) is 12.7. The van der Waals surface area contributed by atoms with E-state index in [-0.39, 0.29) is 6.61 Å². The van der Waals surface area contributed by atoms with Crippen molar-refractivity contribution in [3.05, 3.63) is 48.3 Å². The number of hydrogen-bond donors (Lipinski definition) is 2. The van der Waals surface area contributed by atoms with Gasteiger partial charge in [0.2, 0.25) is 0 Å². The molecule has 4 nitrogen and oxygen atoms in total. The van der Waals surface area contributed by atoms with Crippen molar-refractivity contribution in [2.75, 3.05) is 13.1 Å². The zero-order valence-electron chi connectivity index (χ0n) is 12.8. The Morgan fingerprint density at radius 2 is 1.91 bits per heavy atom. The highest BCUT2D eigenvalue weighted by atomic mass is 32.2. The molecule has 2 aromatic heterocycles. The van der Waals surface area contributed by atoms with E-state index in [9.17, 15) is 5.11 Å². The van der Waals surface area contributed by atoms with Gasteiger partial charge in [-0.15, -0.1) is 0 Å². The maximum Gasteiger partial charge on any atom is 0.138 e. The first-order chi connectivity index (χ1) is 11.3. The maximum absolute atomic E-state index is 9.31. The quantitative estimate of drug-likeness (QED) is 0.716. The molecule has 0 atom stereocenters. The molecule has 1 fully saturated rings. The van der Waals surface area contributed by atoms with Gasteiger partial charge in [-0.2, -0.15) is 0 Å². The number of H-pyrrole nitrogens is 1. The number of nitrogens with zero attached hydrogens (tertiary/aromatic N) is 2. The summed E-state index contributed by atoms with van der Waals surface area (Å²) in [7, 11) is 0. The zero-order chi connectivity index (χ0) is 15.6. The van der Waals surface area contributed by atoms with Gasteiger partial charge in [0.05, 0.1) is 6.61 Å². The Hall–Kier alpha value is -1.82. The average molecular weight is 325 g/mol. The Labute approximate surface area is 139 Å². The number of aliphatic hydroxyl groups is 1. The molecule has 1 saturated heterocycles. The van der Waals surface area contributed by atoms with Gasteiger partial charge >= 0.3 is 0 Å². The van der Waals surface area contributed by atoms with Gasteiger partial charge < -0.3 is 10.1 Å². The predicted molar refractivity (Wildman–Crippen MR) is 94.1 cm³/mol. The molecule has 0 saturated carbocycles. The number of benzene rings is 1. The Bertz CT molecular complexity index is 807. The fourth-order valence-corrected chi connectivity index (χ4v) is 4.04. The van der Waals surface area contributed by atoms with Crippen LogP contribution in [-0.2, 0) is 6.61 Å².